The zero-order valence-corrected chi connectivity index (χ0v) is 14.5. The van der Waals surface area contributed by atoms with Crippen LogP contribution in [-0.2, 0) is 13.1 Å². The van der Waals surface area contributed by atoms with Crippen molar-refractivity contribution >= 4 is 23.2 Å². The lowest BCUT2D eigenvalue weighted by molar-refractivity contribution is 0.0945. The van der Waals surface area contributed by atoms with Crippen molar-refractivity contribution in [3.63, 3.8) is 0 Å². The van der Waals surface area contributed by atoms with E-state index in [-0.39, 0.29) is 11.6 Å². The number of carbonyl (C=O) groups excluding carboxylic acids is 1. The van der Waals surface area contributed by atoms with Gasteiger partial charge in [-0.25, -0.2) is 9.67 Å². The number of nitrogens with one attached hydrogen (secondary N) is 1. The zero-order chi connectivity index (χ0) is 17.9. The molecule has 0 bridgehead atoms. The first kappa shape index (κ1) is 16.3. The highest BCUT2D eigenvalue weighted by Crippen LogP contribution is 2.15. The summed E-state index contributed by atoms with van der Waals surface area (Å²) in [6.45, 7) is 0.800. The van der Waals surface area contributed by atoms with E-state index in [0.717, 1.165) is 16.9 Å². The predicted molar refractivity (Wildman–Crippen MR) is 96.9 cm³/mol. The molecular formula is C18H15ClN6O. The molecule has 130 valence electrons. The third kappa shape index (κ3) is 3.29. The van der Waals surface area contributed by atoms with Gasteiger partial charge in [0, 0.05) is 11.2 Å². The largest absolute Gasteiger partial charge is 0.345 e. The second-order valence-corrected chi connectivity index (χ2v) is 6.16. The van der Waals surface area contributed by atoms with E-state index in [1.54, 1.807) is 17.1 Å². The molecule has 0 fully saturated rings. The fraction of sp³-hybridized carbons (Fsp3) is 0.111. The Morgan fingerprint density at radius 1 is 1.15 bits per heavy atom. The molecule has 0 unspecified atom stereocenters. The molecule has 0 aliphatic carbocycles. The summed E-state index contributed by atoms with van der Waals surface area (Å²) in [5.41, 5.74) is 2.89. The lowest BCUT2D eigenvalue weighted by Crippen LogP contribution is -2.23. The molecular weight excluding hydrogens is 352 g/mol. The molecule has 0 aliphatic heterocycles. The van der Waals surface area contributed by atoms with E-state index in [2.05, 4.69) is 20.6 Å². The first-order valence-electron chi connectivity index (χ1n) is 8.03. The predicted octanol–water partition coefficient (Wildman–Crippen LogP) is 2.56. The number of pyridine rings is 1. The van der Waals surface area contributed by atoms with Gasteiger partial charge in [0.05, 0.1) is 31.2 Å². The van der Waals surface area contributed by atoms with E-state index >= 15 is 0 Å². The summed E-state index contributed by atoms with van der Waals surface area (Å²) in [6, 6.07) is 13.2. The van der Waals surface area contributed by atoms with Crippen molar-refractivity contribution < 1.29 is 4.79 Å². The number of nitrogens with zero attached hydrogens (tertiary/aromatic N) is 5. The Hall–Kier alpha value is -3.19. The van der Waals surface area contributed by atoms with Gasteiger partial charge in [-0.1, -0.05) is 41.1 Å². The van der Waals surface area contributed by atoms with Crippen LogP contribution in [0.25, 0.3) is 5.65 Å². The molecule has 1 N–H and O–H groups in total. The van der Waals surface area contributed by atoms with Crippen LogP contribution in [0.15, 0.2) is 61.1 Å². The minimum absolute atomic E-state index is 0.255. The SMILES string of the molecule is O=C(NCc1cnc2ccccn12)c1cn(Cc2ccccc2Cl)nn1. The number of halogens is 1. The number of fused-ring (bicyclic) bond motifs is 1. The average molecular weight is 367 g/mol. The standard InChI is InChI=1S/C18H15ClN6O/c19-15-6-2-1-5-13(15)11-24-12-16(22-23-24)18(26)21-10-14-9-20-17-7-3-4-8-25(14)17/h1-9,12H,10-11H2,(H,21,26). The molecule has 0 atom stereocenters. The minimum atomic E-state index is -0.290. The van der Waals surface area contributed by atoms with Gasteiger partial charge < -0.3 is 9.72 Å². The number of hydrogen-bond donors (Lipinski definition) is 1. The monoisotopic (exact) mass is 366 g/mol. The molecule has 0 radical (unpaired) electrons. The summed E-state index contributed by atoms with van der Waals surface area (Å²) in [4.78, 5) is 16.6. The first-order valence-corrected chi connectivity index (χ1v) is 8.41. The lowest BCUT2D eigenvalue weighted by atomic mass is 10.2. The second-order valence-electron chi connectivity index (χ2n) is 5.75. The highest BCUT2D eigenvalue weighted by atomic mass is 35.5. The Bertz CT molecular complexity index is 1070. The molecule has 0 spiro atoms. The smallest absolute Gasteiger partial charge is 0.273 e. The molecule has 8 heteroatoms. The van der Waals surface area contributed by atoms with Gasteiger partial charge in [0.15, 0.2) is 5.69 Å². The molecule has 3 aromatic heterocycles. The van der Waals surface area contributed by atoms with E-state index in [1.807, 2.05) is 53.1 Å². The van der Waals surface area contributed by atoms with Crippen LogP contribution >= 0.6 is 11.6 Å². The number of benzene rings is 1. The van der Waals surface area contributed by atoms with Crippen molar-refractivity contribution in [2.45, 2.75) is 13.1 Å². The number of carbonyl (C=O) groups is 1. The summed E-state index contributed by atoms with van der Waals surface area (Å²) in [5, 5.41) is 11.4. The van der Waals surface area contributed by atoms with Crippen molar-refractivity contribution in [2.75, 3.05) is 0 Å². The Balaban J connectivity index is 1.43. The number of imidazole rings is 1. The van der Waals surface area contributed by atoms with E-state index in [9.17, 15) is 4.79 Å². The molecule has 0 saturated carbocycles. The number of aromatic nitrogens is 5. The maximum Gasteiger partial charge on any atom is 0.273 e. The Morgan fingerprint density at radius 2 is 2.00 bits per heavy atom. The summed E-state index contributed by atoms with van der Waals surface area (Å²) < 4.78 is 3.51. The van der Waals surface area contributed by atoms with Gasteiger partial charge in [-0.15, -0.1) is 5.10 Å². The van der Waals surface area contributed by atoms with Crippen LogP contribution in [0.1, 0.15) is 21.7 Å². The van der Waals surface area contributed by atoms with E-state index < -0.39 is 0 Å². The van der Waals surface area contributed by atoms with Gasteiger partial charge in [-0.05, 0) is 23.8 Å². The number of rotatable bonds is 5. The molecule has 0 saturated heterocycles. The van der Waals surface area contributed by atoms with E-state index in [1.165, 1.54) is 0 Å². The maximum atomic E-state index is 12.3. The zero-order valence-electron chi connectivity index (χ0n) is 13.7. The van der Waals surface area contributed by atoms with Gasteiger partial charge in [0.2, 0.25) is 0 Å². The van der Waals surface area contributed by atoms with Crippen LogP contribution in [0.3, 0.4) is 0 Å². The van der Waals surface area contributed by atoms with Crippen LogP contribution in [0.5, 0.6) is 0 Å². The molecule has 1 aromatic carbocycles. The molecule has 0 aliphatic rings. The van der Waals surface area contributed by atoms with Crippen LogP contribution in [0, 0.1) is 0 Å². The molecule has 4 rings (SSSR count). The molecule has 1 amide bonds. The Morgan fingerprint density at radius 3 is 2.88 bits per heavy atom. The van der Waals surface area contributed by atoms with Crippen molar-refractivity contribution in [3.8, 4) is 0 Å². The van der Waals surface area contributed by atoms with Gasteiger partial charge in [0.1, 0.15) is 5.65 Å². The Labute approximate surface area is 154 Å². The normalized spacial score (nSPS) is 11.0. The van der Waals surface area contributed by atoms with Crippen LogP contribution < -0.4 is 5.32 Å². The fourth-order valence-corrected chi connectivity index (χ4v) is 2.85. The quantitative estimate of drug-likeness (QED) is 0.589. The average Bonchev–Trinajstić information content (AvgIpc) is 3.29. The van der Waals surface area contributed by atoms with Gasteiger partial charge in [-0.3, -0.25) is 4.79 Å². The maximum absolute atomic E-state index is 12.3. The summed E-state index contributed by atoms with van der Waals surface area (Å²) in [6.07, 6.45) is 5.25. The summed E-state index contributed by atoms with van der Waals surface area (Å²) in [5.74, 6) is -0.290. The third-order valence-electron chi connectivity index (χ3n) is 3.99. The van der Waals surface area contributed by atoms with Crippen LogP contribution in [0.2, 0.25) is 5.02 Å². The van der Waals surface area contributed by atoms with Gasteiger partial charge in [-0.2, -0.15) is 0 Å². The number of amides is 1. The minimum Gasteiger partial charge on any atom is -0.345 e. The van der Waals surface area contributed by atoms with Crippen molar-refractivity contribution in [2.24, 2.45) is 0 Å². The van der Waals surface area contributed by atoms with Gasteiger partial charge >= 0.3 is 0 Å². The lowest BCUT2D eigenvalue weighted by Gasteiger charge is -2.03. The summed E-state index contributed by atoms with van der Waals surface area (Å²) >= 11 is 6.15. The third-order valence-corrected chi connectivity index (χ3v) is 4.35. The highest BCUT2D eigenvalue weighted by molar-refractivity contribution is 6.31. The first-order chi connectivity index (χ1) is 12.7. The van der Waals surface area contributed by atoms with E-state index in [0.29, 0.717) is 18.1 Å². The number of hydrogen-bond acceptors (Lipinski definition) is 4. The van der Waals surface area contributed by atoms with Gasteiger partial charge in [0.25, 0.3) is 5.91 Å². The van der Waals surface area contributed by atoms with E-state index in [4.69, 9.17) is 11.6 Å². The summed E-state index contributed by atoms with van der Waals surface area (Å²) in [7, 11) is 0. The molecule has 26 heavy (non-hydrogen) atoms. The van der Waals surface area contributed by atoms with Crippen LogP contribution in [-0.4, -0.2) is 30.3 Å². The van der Waals surface area contributed by atoms with Crippen LogP contribution in [0.4, 0.5) is 0 Å². The molecule has 7 nitrogen and oxygen atoms in total. The molecule has 3 heterocycles. The molecule has 4 aromatic rings. The van der Waals surface area contributed by atoms with Crippen molar-refractivity contribution in [3.05, 3.63) is 83.0 Å². The van der Waals surface area contributed by atoms with Crippen molar-refractivity contribution in [1.82, 2.24) is 29.7 Å². The fourth-order valence-electron chi connectivity index (χ4n) is 2.66. The van der Waals surface area contributed by atoms with Crippen molar-refractivity contribution in [1.29, 1.82) is 0 Å². The highest BCUT2D eigenvalue weighted by Gasteiger charge is 2.12. The topological polar surface area (TPSA) is 77.1 Å². The Kier molecular flexibility index (Phi) is 4.37. The second kappa shape index (κ2) is 6.97.